The van der Waals surface area contributed by atoms with E-state index >= 15 is 0 Å². The van der Waals surface area contributed by atoms with Crippen LogP contribution in [0.5, 0.6) is 0 Å². The zero-order chi connectivity index (χ0) is 13.5. The van der Waals surface area contributed by atoms with Crippen LogP contribution >= 0.6 is 0 Å². The summed E-state index contributed by atoms with van der Waals surface area (Å²) in [5, 5.41) is 8.49. The minimum atomic E-state index is -0.655. The van der Waals surface area contributed by atoms with E-state index in [-0.39, 0.29) is 93.0 Å². The number of rotatable bonds is 14. The summed E-state index contributed by atoms with van der Waals surface area (Å²) < 4.78 is 0. The summed E-state index contributed by atoms with van der Waals surface area (Å²) in [5.74, 6) is -0.655. The van der Waals surface area contributed by atoms with Crippen molar-refractivity contribution in [3.63, 3.8) is 0 Å². The van der Waals surface area contributed by atoms with E-state index in [1.54, 1.807) is 0 Å². The van der Waals surface area contributed by atoms with E-state index < -0.39 is 5.97 Å². The van der Waals surface area contributed by atoms with Crippen LogP contribution in [-0.4, -0.2) is 11.1 Å². The number of hydrogen-bond donors (Lipinski definition) is 1. The van der Waals surface area contributed by atoms with E-state index in [1.807, 2.05) is 0 Å². The van der Waals surface area contributed by atoms with Crippen molar-refractivity contribution in [3.8, 4) is 0 Å². The molecule has 0 atom stereocenters. The molecule has 0 unspecified atom stereocenters. The number of hydrogen-bond acceptors (Lipinski definition) is 1. The number of carbonyl (C=O) groups is 1. The molecule has 0 amide bonds. The third kappa shape index (κ3) is 30.8. The minimum Gasteiger partial charge on any atom is -1.00 e. The smallest absolute Gasteiger partial charge is 1.00 e. The van der Waals surface area contributed by atoms with E-state index in [0.29, 0.717) is 6.42 Å². The molecule has 0 saturated carbocycles. The zero-order valence-corrected chi connectivity index (χ0v) is 21.3. The van der Waals surface area contributed by atoms with Crippen molar-refractivity contribution >= 4 is 5.97 Å². The van der Waals surface area contributed by atoms with Crippen LogP contribution in [0.2, 0.25) is 0 Å². The van der Waals surface area contributed by atoms with Gasteiger partial charge in [0.05, 0.1) is 0 Å². The fourth-order valence-electron chi connectivity index (χ4n) is 2.29. The third-order valence-electron chi connectivity index (χ3n) is 3.49. The molecule has 2 nitrogen and oxygen atoms in total. The van der Waals surface area contributed by atoms with Gasteiger partial charge >= 0.3 is 94.6 Å². The van der Waals surface area contributed by atoms with E-state index in [4.69, 9.17) is 5.11 Å². The predicted octanol–water partition coefficient (Wildman–Crippen LogP) is -3.10. The molecule has 0 heterocycles. The Bertz CT molecular complexity index is 203. The summed E-state index contributed by atoms with van der Waals surface area (Å²) in [4.78, 5) is 10.3. The standard InChI is InChI=1S/C16H32O2.3Na.3H/c1-2-3-4-5-6-7-8-9-10-11-12-13-14-15-16(17)18;;;;;;/h2-15H2,1H3,(H,17,18);;;;;;/q;3*+1;3*-1. The molecule has 0 aliphatic heterocycles. The maximum Gasteiger partial charge on any atom is 1.00 e. The van der Waals surface area contributed by atoms with Gasteiger partial charge in [0.15, 0.2) is 0 Å². The maximum atomic E-state index is 10.3. The molecule has 5 heteroatoms. The first-order valence-electron chi connectivity index (χ1n) is 7.99. The number of carboxylic acids is 1. The Morgan fingerprint density at radius 2 is 0.952 bits per heavy atom. The molecule has 0 spiro atoms. The SMILES string of the molecule is CCCCCCCCCCCCCCCC(=O)O.[H-].[H-].[H-].[Na+].[Na+].[Na+]. The normalized spacial score (nSPS) is 9.19. The van der Waals surface area contributed by atoms with Gasteiger partial charge < -0.3 is 9.39 Å². The fourth-order valence-corrected chi connectivity index (χ4v) is 2.29. The molecule has 0 aromatic rings. The molecule has 0 bridgehead atoms. The molecule has 0 aliphatic carbocycles. The van der Waals surface area contributed by atoms with Crippen molar-refractivity contribution in [2.75, 3.05) is 0 Å². The second-order valence-corrected chi connectivity index (χ2v) is 5.39. The van der Waals surface area contributed by atoms with Crippen molar-refractivity contribution in [2.45, 2.75) is 96.8 Å². The number of unbranched alkanes of at least 4 members (excludes halogenated alkanes) is 12. The van der Waals surface area contributed by atoms with Gasteiger partial charge in [-0.1, -0.05) is 84.0 Å². The summed E-state index contributed by atoms with van der Waals surface area (Å²) in [6, 6.07) is 0. The average Bonchev–Trinajstić information content (AvgIpc) is 2.34. The van der Waals surface area contributed by atoms with Crippen LogP contribution < -0.4 is 88.7 Å². The Kier molecular flexibility index (Phi) is 40.7. The molecular formula is C16H35Na3O2. The Labute approximate surface area is 203 Å². The molecule has 0 aromatic heterocycles. The van der Waals surface area contributed by atoms with Gasteiger partial charge in [-0.2, -0.15) is 0 Å². The van der Waals surface area contributed by atoms with Gasteiger partial charge in [-0.15, -0.1) is 0 Å². The molecule has 0 aromatic carbocycles. The molecular weight excluding hydrogens is 293 g/mol. The van der Waals surface area contributed by atoms with Gasteiger partial charge in [0.1, 0.15) is 0 Å². The van der Waals surface area contributed by atoms with Crippen molar-refractivity contribution in [2.24, 2.45) is 0 Å². The van der Waals surface area contributed by atoms with Crippen LogP contribution in [0.25, 0.3) is 0 Å². The first kappa shape index (κ1) is 31.3. The summed E-state index contributed by atoms with van der Waals surface area (Å²) in [7, 11) is 0. The van der Waals surface area contributed by atoms with Crippen molar-refractivity contribution in [3.05, 3.63) is 0 Å². The zero-order valence-electron chi connectivity index (χ0n) is 18.3. The van der Waals surface area contributed by atoms with Gasteiger partial charge in [0.2, 0.25) is 0 Å². The van der Waals surface area contributed by atoms with Crippen LogP contribution in [0.15, 0.2) is 0 Å². The predicted molar refractivity (Wildman–Crippen MR) is 81.3 cm³/mol. The Balaban J connectivity index is -0.0000000963. The topological polar surface area (TPSA) is 37.3 Å². The number of aliphatic carboxylic acids is 1. The Morgan fingerprint density at radius 3 is 1.24 bits per heavy atom. The summed E-state index contributed by atoms with van der Waals surface area (Å²) in [5.41, 5.74) is 0. The van der Waals surface area contributed by atoms with E-state index in [1.165, 1.54) is 70.6 Å². The van der Waals surface area contributed by atoms with Crippen molar-refractivity contribution in [1.82, 2.24) is 0 Å². The molecule has 114 valence electrons. The second-order valence-electron chi connectivity index (χ2n) is 5.39. The Morgan fingerprint density at radius 1 is 0.667 bits per heavy atom. The minimum absolute atomic E-state index is 0. The van der Waals surface area contributed by atoms with E-state index in [9.17, 15) is 4.79 Å². The first-order valence-corrected chi connectivity index (χ1v) is 7.99. The quantitative estimate of drug-likeness (QED) is 0.271. The van der Waals surface area contributed by atoms with Gasteiger partial charge in [-0.3, -0.25) is 4.79 Å². The summed E-state index contributed by atoms with van der Waals surface area (Å²) >= 11 is 0. The van der Waals surface area contributed by atoms with Crippen molar-refractivity contribution in [1.29, 1.82) is 0 Å². The molecule has 0 radical (unpaired) electrons. The largest absolute Gasteiger partial charge is 1.00 e. The second kappa shape index (κ2) is 27.3. The fraction of sp³-hybridized carbons (Fsp3) is 0.938. The Hall–Kier alpha value is 2.47. The number of carboxylic acid groups (broad SMARTS) is 1. The average molecular weight is 328 g/mol. The molecule has 0 aliphatic rings. The van der Waals surface area contributed by atoms with Crippen LogP contribution in [0.1, 0.15) is 101 Å². The van der Waals surface area contributed by atoms with Gasteiger partial charge in [0.25, 0.3) is 0 Å². The van der Waals surface area contributed by atoms with Crippen LogP contribution in [0.4, 0.5) is 0 Å². The molecule has 21 heavy (non-hydrogen) atoms. The van der Waals surface area contributed by atoms with Crippen LogP contribution in [0, 0.1) is 0 Å². The summed E-state index contributed by atoms with van der Waals surface area (Å²) in [6.07, 6.45) is 17.3. The van der Waals surface area contributed by atoms with Crippen LogP contribution in [0.3, 0.4) is 0 Å². The van der Waals surface area contributed by atoms with Gasteiger partial charge in [-0.05, 0) is 6.42 Å². The molecule has 1 N–H and O–H groups in total. The summed E-state index contributed by atoms with van der Waals surface area (Å²) in [6.45, 7) is 2.26. The van der Waals surface area contributed by atoms with Gasteiger partial charge in [-0.25, -0.2) is 0 Å². The maximum absolute atomic E-state index is 10.3. The van der Waals surface area contributed by atoms with Crippen molar-refractivity contribution < 1.29 is 103 Å². The van der Waals surface area contributed by atoms with Gasteiger partial charge in [0, 0.05) is 6.42 Å². The third-order valence-corrected chi connectivity index (χ3v) is 3.49. The molecule has 0 saturated heterocycles. The first-order chi connectivity index (χ1) is 8.77. The molecule has 0 fully saturated rings. The van der Waals surface area contributed by atoms with Crippen LogP contribution in [-0.2, 0) is 4.79 Å². The monoisotopic (exact) mass is 328 g/mol. The molecule has 0 rings (SSSR count). The van der Waals surface area contributed by atoms with E-state index in [2.05, 4.69) is 6.92 Å². The van der Waals surface area contributed by atoms with E-state index in [0.717, 1.165) is 12.8 Å².